The summed E-state index contributed by atoms with van der Waals surface area (Å²) in [7, 11) is 0. The minimum absolute atomic E-state index is 0.218. The maximum atomic E-state index is 12.4. The third-order valence-electron chi connectivity index (χ3n) is 5.67. The van der Waals surface area contributed by atoms with E-state index in [4.69, 9.17) is 0 Å². The molecule has 1 aromatic rings. The van der Waals surface area contributed by atoms with Crippen molar-refractivity contribution < 1.29 is 4.79 Å². The van der Waals surface area contributed by atoms with Crippen molar-refractivity contribution in [3.8, 4) is 0 Å². The van der Waals surface area contributed by atoms with Crippen molar-refractivity contribution in [2.45, 2.75) is 57.9 Å². The van der Waals surface area contributed by atoms with Crippen LogP contribution in [0.1, 0.15) is 50.5 Å². The number of nitrogens with zero attached hydrogens (tertiary/aromatic N) is 2. The van der Waals surface area contributed by atoms with Crippen LogP contribution in [0.3, 0.4) is 0 Å². The first kappa shape index (κ1) is 18.2. The predicted octanol–water partition coefficient (Wildman–Crippen LogP) is 3.35. The number of amides is 1. The van der Waals surface area contributed by atoms with E-state index >= 15 is 0 Å². The Morgan fingerprint density at radius 2 is 1.64 bits per heavy atom. The molecule has 1 aliphatic heterocycles. The van der Waals surface area contributed by atoms with Crippen LogP contribution in [-0.2, 0) is 4.79 Å². The number of para-hydroxylation sites is 1. The number of carbonyl (C=O) groups excluding carboxylic acids is 1. The van der Waals surface area contributed by atoms with Gasteiger partial charge in [0, 0.05) is 37.9 Å². The molecule has 4 heteroatoms. The Morgan fingerprint density at radius 3 is 2.32 bits per heavy atom. The molecule has 1 amide bonds. The van der Waals surface area contributed by atoms with Gasteiger partial charge in [0.25, 0.3) is 0 Å². The number of rotatable bonds is 4. The van der Waals surface area contributed by atoms with Gasteiger partial charge >= 0.3 is 0 Å². The lowest BCUT2D eigenvalue weighted by atomic mass is 9.97. The van der Waals surface area contributed by atoms with Crippen LogP contribution >= 0.6 is 0 Å². The lowest BCUT2D eigenvalue weighted by Crippen LogP contribution is -2.50. The quantitative estimate of drug-likeness (QED) is 0.911. The topological polar surface area (TPSA) is 35.6 Å². The van der Waals surface area contributed by atoms with E-state index in [-0.39, 0.29) is 5.91 Å². The summed E-state index contributed by atoms with van der Waals surface area (Å²) in [6, 6.07) is 8.98. The third kappa shape index (κ3) is 5.46. The van der Waals surface area contributed by atoms with Crippen LogP contribution < -0.4 is 10.2 Å². The molecule has 2 aliphatic rings. The molecule has 1 aliphatic carbocycles. The number of piperazine rings is 1. The maximum absolute atomic E-state index is 12.4. The fraction of sp³-hybridized carbons (Fsp3) is 0.667. The van der Waals surface area contributed by atoms with Gasteiger partial charge in [0.15, 0.2) is 0 Å². The SMILES string of the molecule is Cc1ccccc1N1CCN(CC(=O)NC2CCCCCCC2)CC1. The average molecular weight is 344 g/mol. The van der Waals surface area contributed by atoms with E-state index in [9.17, 15) is 4.79 Å². The predicted molar refractivity (Wildman–Crippen MR) is 104 cm³/mol. The Bertz CT molecular complexity index is 544. The highest BCUT2D eigenvalue weighted by Gasteiger charge is 2.21. The van der Waals surface area contributed by atoms with Crippen molar-refractivity contribution in [1.29, 1.82) is 0 Å². The number of carbonyl (C=O) groups is 1. The number of hydrogen-bond donors (Lipinski definition) is 1. The van der Waals surface area contributed by atoms with Gasteiger partial charge in [-0.25, -0.2) is 0 Å². The lowest BCUT2D eigenvalue weighted by Gasteiger charge is -2.36. The summed E-state index contributed by atoms with van der Waals surface area (Å²) in [5.74, 6) is 0.218. The Kier molecular flexibility index (Phi) is 6.74. The zero-order chi connectivity index (χ0) is 17.5. The Hall–Kier alpha value is -1.55. The van der Waals surface area contributed by atoms with E-state index in [0.29, 0.717) is 12.6 Å². The molecule has 1 N–H and O–H groups in total. The van der Waals surface area contributed by atoms with Crippen molar-refractivity contribution in [2.75, 3.05) is 37.6 Å². The van der Waals surface area contributed by atoms with Gasteiger partial charge in [-0.05, 0) is 31.4 Å². The van der Waals surface area contributed by atoms with Crippen LogP contribution in [0, 0.1) is 6.92 Å². The standard InChI is InChI=1S/C21H33N3O/c1-18-9-7-8-12-20(18)24-15-13-23(14-16-24)17-21(25)22-19-10-5-3-2-4-6-11-19/h7-9,12,19H,2-6,10-11,13-17H2,1H3,(H,22,25). The summed E-state index contributed by atoms with van der Waals surface area (Å²) in [6.07, 6.45) is 8.87. The molecule has 0 bridgehead atoms. The van der Waals surface area contributed by atoms with E-state index in [0.717, 1.165) is 39.0 Å². The molecular weight excluding hydrogens is 310 g/mol. The molecule has 0 spiro atoms. The molecule has 0 aromatic heterocycles. The van der Waals surface area contributed by atoms with Crippen molar-refractivity contribution in [3.05, 3.63) is 29.8 Å². The highest BCUT2D eigenvalue weighted by atomic mass is 16.2. The molecule has 2 fully saturated rings. The maximum Gasteiger partial charge on any atom is 0.234 e. The second kappa shape index (κ2) is 9.23. The first-order chi connectivity index (χ1) is 12.2. The van der Waals surface area contributed by atoms with Gasteiger partial charge in [-0.1, -0.05) is 50.3 Å². The van der Waals surface area contributed by atoms with Crippen molar-refractivity contribution in [1.82, 2.24) is 10.2 Å². The second-order valence-corrected chi connectivity index (χ2v) is 7.66. The fourth-order valence-electron chi connectivity index (χ4n) is 4.14. The summed E-state index contributed by atoms with van der Waals surface area (Å²) in [5.41, 5.74) is 2.67. The van der Waals surface area contributed by atoms with Gasteiger partial charge in [-0.15, -0.1) is 0 Å². The van der Waals surface area contributed by atoms with Crippen LogP contribution in [-0.4, -0.2) is 49.6 Å². The molecule has 3 rings (SSSR count). The van der Waals surface area contributed by atoms with Crippen LogP contribution in [0.2, 0.25) is 0 Å². The van der Waals surface area contributed by atoms with Crippen LogP contribution in [0.5, 0.6) is 0 Å². The van der Waals surface area contributed by atoms with Crippen LogP contribution in [0.15, 0.2) is 24.3 Å². The lowest BCUT2D eigenvalue weighted by molar-refractivity contribution is -0.123. The number of benzene rings is 1. The minimum atomic E-state index is 0.218. The average Bonchev–Trinajstić information content (AvgIpc) is 2.58. The smallest absolute Gasteiger partial charge is 0.234 e. The van der Waals surface area contributed by atoms with Gasteiger partial charge in [-0.3, -0.25) is 9.69 Å². The van der Waals surface area contributed by atoms with Crippen molar-refractivity contribution in [3.63, 3.8) is 0 Å². The molecule has 1 heterocycles. The number of hydrogen-bond acceptors (Lipinski definition) is 3. The van der Waals surface area contributed by atoms with Gasteiger partial charge in [0.05, 0.1) is 6.54 Å². The van der Waals surface area contributed by atoms with Crippen molar-refractivity contribution in [2.24, 2.45) is 0 Å². The summed E-state index contributed by atoms with van der Waals surface area (Å²) in [6.45, 7) is 6.66. The van der Waals surface area contributed by atoms with Gasteiger partial charge in [-0.2, -0.15) is 0 Å². The summed E-state index contributed by atoms with van der Waals surface area (Å²) in [5, 5.41) is 3.29. The minimum Gasteiger partial charge on any atom is -0.369 e. The number of nitrogens with one attached hydrogen (secondary N) is 1. The summed E-state index contributed by atoms with van der Waals surface area (Å²) < 4.78 is 0. The molecule has 1 aromatic carbocycles. The molecular formula is C21H33N3O. The van der Waals surface area contributed by atoms with Crippen LogP contribution in [0.25, 0.3) is 0 Å². The Balaban J connectivity index is 1.42. The van der Waals surface area contributed by atoms with E-state index in [1.807, 2.05) is 0 Å². The van der Waals surface area contributed by atoms with Gasteiger partial charge in [0.2, 0.25) is 5.91 Å². The normalized spacial score (nSPS) is 20.8. The molecule has 4 nitrogen and oxygen atoms in total. The zero-order valence-electron chi connectivity index (χ0n) is 15.7. The van der Waals surface area contributed by atoms with E-state index in [1.165, 1.54) is 43.4 Å². The first-order valence-electron chi connectivity index (χ1n) is 10.0. The van der Waals surface area contributed by atoms with Gasteiger partial charge < -0.3 is 10.2 Å². The largest absolute Gasteiger partial charge is 0.369 e. The fourth-order valence-corrected chi connectivity index (χ4v) is 4.14. The van der Waals surface area contributed by atoms with E-state index in [1.54, 1.807) is 0 Å². The monoisotopic (exact) mass is 343 g/mol. The van der Waals surface area contributed by atoms with Crippen LogP contribution in [0.4, 0.5) is 5.69 Å². The van der Waals surface area contributed by atoms with Crippen molar-refractivity contribution >= 4 is 11.6 Å². The summed E-state index contributed by atoms with van der Waals surface area (Å²) >= 11 is 0. The number of anilines is 1. The molecule has 0 radical (unpaired) electrons. The highest BCUT2D eigenvalue weighted by molar-refractivity contribution is 5.78. The van der Waals surface area contributed by atoms with Gasteiger partial charge in [0.1, 0.15) is 0 Å². The zero-order valence-corrected chi connectivity index (χ0v) is 15.7. The first-order valence-corrected chi connectivity index (χ1v) is 10.0. The number of aryl methyl sites for hydroxylation is 1. The van der Waals surface area contributed by atoms with E-state index < -0.39 is 0 Å². The van der Waals surface area contributed by atoms with E-state index in [2.05, 4.69) is 46.3 Å². The second-order valence-electron chi connectivity index (χ2n) is 7.66. The molecule has 0 atom stereocenters. The molecule has 25 heavy (non-hydrogen) atoms. The molecule has 1 saturated carbocycles. The third-order valence-corrected chi connectivity index (χ3v) is 5.67. The molecule has 0 unspecified atom stereocenters. The molecule has 138 valence electrons. The Labute approximate surface area is 152 Å². The highest BCUT2D eigenvalue weighted by Crippen LogP contribution is 2.21. The molecule has 1 saturated heterocycles. The summed E-state index contributed by atoms with van der Waals surface area (Å²) in [4.78, 5) is 17.2. The Morgan fingerprint density at radius 1 is 1.00 bits per heavy atom.